The van der Waals surface area contributed by atoms with Crippen LogP contribution < -0.4 is 5.32 Å². The summed E-state index contributed by atoms with van der Waals surface area (Å²) in [5, 5.41) is 2.71. The Labute approximate surface area is 185 Å². The lowest BCUT2D eigenvalue weighted by molar-refractivity contribution is 0.147. The zero-order valence-electron chi connectivity index (χ0n) is 17.8. The summed E-state index contributed by atoms with van der Waals surface area (Å²) in [6.07, 6.45) is 1.09. The average molecular weight is 441 g/mol. The smallest absolute Gasteiger partial charge is 0.407 e. The molecule has 164 valence electrons. The number of rotatable bonds is 9. The van der Waals surface area contributed by atoms with Crippen LogP contribution in [0.2, 0.25) is 0 Å². The van der Waals surface area contributed by atoms with E-state index in [-0.39, 0.29) is 11.8 Å². The first-order valence-electron chi connectivity index (χ1n) is 10.3. The molecule has 0 aliphatic carbocycles. The van der Waals surface area contributed by atoms with Crippen molar-refractivity contribution < 1.29 is 18.3 Å². The van der Waals surface area contributed by atoms with E-state index in [2.05, 4.69) is 35.0 Å². The summed E-state index contributed by atoms with van der Waals surface area (Å²) in [4.78, 5) is 11.7. The fourth-order valence-electron chi connectivity index (χ4n) is 3.48. The van der Waals surface area contributed by atoms with Crippen molar-refractivity contribution in [2.75, 3.05) is 13.2 Å². The maximum atomic E-state index is 11.7. The lowest BCUT2D eigenvalue weighted by Crippen LogP contribution is -2.25. The molecule has 0 aliphatic heterocycles. The van der Waals surface area contributed by atoms with Crippen LogP contribution in [-0.2, 0) is 28.0 Å². The lowest BCUT2D eigenvalue weighted by Gasteiger charge is -2.13. The van der Waals surface area contributed by atoms with E-state index in [1.54, 1.807) is 0 Å². The van der Waals surface area contributed by atoms with Crippen molar-refractivity contribution in [3.05, 3.63) is 77.5 Å². The second-order valence-corrected chi connectivity index (χ2v) is 8.22. The topological polar surface area (TPSA) is 80.6 Å². The molecule has 0 bridgehead atoms. The number of para-hydroxylation sites is 1. The molecule has 2 aromatic carbocycles. The number of nitrogens with one attached hydrogen (secondary N) is 1. The average Bonchev–Trinajstić information content (AvgIpc) is 3.09. The molecule has 0 saturated heterocycles. The summed E-state index contributed by atoms with van der Waals surface area (Å²) in [5.74, 6) is 0.113. The Morgan fingerprint density at radius 3 is 2.48 bits per heavy atom. The van der Waals surface area contributed by atoms with Gasteiger partial charge in [-0.15, -0.1) is 0 Å². The predicted octanol–water partition coefficient (Wildman–Crippen LogP) is 4.85. The van der Waals surface area contributed by atoms with Gasteiger partial charge in [0, 0.05) is 24.3 Å². The highest BCUT2D eigenvalue weighted by molar-refractivity contribution is 7.78. The van der Waals surface area contributed by atoms with Gasteiger partial charge in [-0.1, -0.05) is 49.4 Å². The largest absolute Gasteiger partial charge is 0.449 e. The number of amides is 1. The summed E-state index contributed by atoms with van der Waals surface area (Å²) >= 11 is -1.86. The Balaban J connectivity index is 1.88. The van der Waals surface area contributed by atoms with Gasteiger partial charge in [-0.3, -0.25) is 0 Å². The molecule has 0 fully saturated rings. The Kier molecular flexibility index (Phi) is 8.03. The van der Waals surface area contributed by atoms with Gasteiger partial charge >= 0.3 is 6.09 Å². The van der Waals surface area contributed by atoms with Crippen LogP contribution in [0.3, 0.4) is 0 Å². The summed E-state index contributed by atoms with van der Waals surface area (Å²) in [6.45, 7) is 4.96. The maximum Gasteiger partial charge on any atom is 0.407 e. The first kappa shape index (κ1) is 22.8. The maximum absolute atomic E-state index is 11.7. The van der Waals surface area contributed by atoms with E-state index in [9.17, 15) is 9.00 Å². The van der Waals surface area contributed by atoms with E-state index in [0.29, 0.717) is 19.6 Å². The number of alkyl carbamates (subject to hydrolysis) is 1. The molecule has 31 heavy (non-hydrogen) atoms. The second kappa shape index (κ2) is 10.9. The van der Waals surface area contributed by atoms with Crippen LogP contribution in [0.4, 0.5) is 4.79 Å². The predicted molar refractivity (Wildman–Crippen MR) is 124 cm³/mol. The number of benzene rings is 2. The molecule has 1 atom stereocenters. The third-order valence-electron chi connectivity index (χ3n) is 5.03. The lowest BCUT2D eigenvalue weighted by atomic mass is 10.1. The highest BCUT2D eigenvalue weighted by atomic mass is 32.2. The second-order valence-electron chi connectivity index (χ2n) is 7.29. The summed E-state index contributed by atoms with van der Waals surface area (Å²) < 4.78 is 27.7. The summed E-state index contributed by atoms with van der Waals surface area (Å²) in [7, 11) is 0. The van der Waals surface area contributed by atoms with Crippen LogP contribution in [0, 0.1) is 6.92 Å². The molecule has 1 heterocycles. The van der Waals surface area contributed by atoms with E-state index in [1.165, 1.54) is 0 Å². The van der Waals surface area contributed by atoms with Gasteiger partial charge < -0.3 is 19.2 Å². The first-order valence-corrected chi connectivity index (χ1v) is 11.6. The Bertz CT molecular complexity index is 1030. The standard InChI is InChI=1S/C24H28N2O4S/c1-3-14-25-24(27)30-15-13-21-16-23(20-11-9-19(10-12-20)17-31(28)29)26(18(21)2)22-7-5-4-6-8-22/h4-12,16H,3,13-15,17H2,1-2H3,(H,25,27)(H,28,29). The van der Waals surface area contributed by atoms with Gasteiger partial charge in [0.1, 0.15) is 0 Å². The molecule has 6 nitrogen and oxygen atoms in total. The van der Waals surface area contributed by atoms with Crippen molar-refractivity contribution in [1.29, 1.82) is 0 Å². The SMILES string of the molecule is CCCNC(=O)OCCc1cc(-c2ccc(CS(=O)O)cc2)n(-c2ccccc2)c1C. The molecule has 7 heteroatoms. The minimum absolute atomic E-state index is 0.113. The van der Waals surface area contributed by atoms with Gasteiger partial charge in [-0.2, -0.15) is 0 Å². The number of nitrogens with zero attached hydrogens (tertiary/aromatic N) is 1. The molecule has 0 saturated carbocycles. The van der Waals surface area contributed by atoms with Crippen molar-refractivity contribution in [3.8, 4) is 16.9 Å². The summed E-state index contributed by atoms with van der Waals surface area (Å²) in [6, 6.07) is 19.9. The van der Waals surface area contributed by atoms with Crippen LogP contribution in [0.25, 0.3) is 16.9 Å². The van der Waals surface area contributed by atoms with Crippen molar-refractivity contribution in [1.82, 2.24) is 9.88 Å². The van der Waals surface area contributed by atoms with Crippen molar-refractivity contribution in [2.24, 2.45) is 0 Å². The molecular formula is C24H28N2O4S. The number of hydrogen-bond acceptors (Lipinski definition) is 3. The Morgan fingerprint density at radius 1 is 1.13 bits per heavy atom. The van der Waals surface area contributed by atoms with E-state index < -0.39 is 11.1 Å². The molecule has 3 rings (SSSR count). The highest BCUT2D eigenvalue weighted by Gasteiger charge is 2.15. The van der Waals surface area contributed by atoms with Gasteiger partial charge in [0.25, 0.3) is 0 Å². The number of ether oxygens (including phenoxy) is 1. The van der Waals surface area contributed by atoms with Gasteiger partial charge in [0.15, 0.2) is 11.1 Å². The fourth-order valence-corrected chi connectivity index (χ4v) is 3.96. The summed E-state index contributed by atoms with van der Waals surface area (Å²) in [5.41, 5.74) is 6.06. The zero-order valence-corrected chi connectivity index (χ0v) is 18.7. The number of carbonyl (C=O) groups is 1. The molecule has 1 aromatic heterocycles. The highest BCUT2D eigenvalue weighted by Crippen LogP contribution is 2.30. The molecule has 2 N–H and O–H groups in total. The molecular weight excluding hydrogens is 412 g/mol. The third-order valence-corrected chi connectivity index (χ3v) is 5.61. The van der Waals surface area contributed by atoms with Gasteiger partial charge in [-0.05, 0) is 48.2 Å². The normalized spacial score (nSPS) is 11.8. The number of carbonyl (C=O) groups excluding carboxylic acids is 1. The number of hydrogen-bond donors (Lipinski definition) is 2. The zero-order chi connectivity index (χ0) is 22.2. The molecule has 0 radical (unpaired) electrons. The Hall–Kier alpha value is -2.90. The van der Waals surface area contributed by atoms with E-state index in [4.69, 9.17) is 9.29 Å². The molecule has 3 aromatic rings. The molecule has 1 unspecified atom stereocenters. The van der Waals surface area contributed by atoms with E-state index in [1.807, 2.05) is 49.4 Å². The van der Waals surface area contributed by atoms with Crippen molar-refractivity contribution in [2.45, 2.75) is 32.4 Å². The minimum atomic E-state index is -1.86. The third kappa shape index (κ3) is 6.06. The Morgan fingerprint density at radius 2 is 1.84 bits per heavy atom. The van der Waals surface area contributed by atoms with Crippen LogP contribution in [0.15, 0.2) is 60.7 Å². The first-order chi connectivity index (χ1) is 15.0. The van der Waals surface area contributed by atoms with Crippen LogP contribution in [-0.4, -0.2) is 32.6 Å². The van der Waals surface area contributed by atoms with Gasteiger partial charge in [0.05, 0.1) is 18.1 Å². The minimum Gasteiger partial charge on any atom is -0.449 e. The molecule has 0 spiro atoms. The van der Waals surface area contributed by atoms with Crippen LogP contribution in [0.5, 0.6) is 0 Å². The quantitative estimate of drug-likeness (QED) is 0.466. The number of aromatic nitrogens is 1. The van der Waals surface area contributed by atoms with Gasteiger partial charge in [0.2, 0.25) is 0 Å². The van der Waals surface area contributed by atoms with Crippen LogP contribution >= 0.6 is 0 Å². The van der Waals surface area contributed by atoms with Crippen LogP contribution in [0.1, 0.15) is 30.2 Å². The monoisotopic (exact) mass is 440 g/mol. The van der Waals surface area contributed by atoms with Crippen molar-refractivity contribution >= 4 is 17.2 Å². The molecule has 0 aliphatic rings. The van der Waals surface area contributed by atoms with Gasteiger partial charge in [-0.25, -0.2) is 9.00 Å². The molecule has 1 amide bonds. The van der Waals surface area contributed by atoms with E-state index >= 15 is 0 Å². The fraction of sp³-hybridized carbons (Fsp3) is 0.292. The van der Waals surface area contributed by atoms with E-state index in [0.717, 1.165) is 40.2 Å². The van der Waals surface area contributed by atoms with Crippen molar-refractivity contribution in [3.63, 3.8) is 0 Å².